The van der Waals surface area contributed by atoms with Gasteiger partial charge in [0.1, 0.15) is 5.75 Å². The van der Waals surface area contributed by atoms with E-state index < -0.39 is 10.0 Å². The zero-order valence-corrected chi connectivity index (χ0v) is 16.3. The summed E-state index contributed by atoms with van der Waals surface area (Å²) in [5.41, 5.74) is 1.97. The van der Waals surface area contributed by atoms with Crippen molar-refractivity contribution in [1.29, 1.82) is 0 Å². The van der Waals surface area contributed by atoms with Crippen LogP contribution in [0.1, 0.15) is 15.9 Å². The molecule has 0 aliphatic heterocycles. The van der Waals surface area contributed by atoms with Crippen LogP contribution in [0.2, 0.25) is 0 Å². The average Bonchev–Trinajstić information content (AvgIpc) is 2.70. The van der Waals surface area contributed by atoms with E-state index in [1.807, 2.05) is 0 Å². The van der Waals surface area contributed by atoms with E-state index in [1.165, 1.54) is 18.2 Å². The van der Waals surface area contributed by atoms with Gasteiger partial charge in [0.05, 0.1) is 17.7 Å². The third-order valence-corrected chi connectivity index (χ3v) is 5.51. The van der Waals surface area contributed by atoms with Crippen molar-refractivity contribution in [2.45, 2.75) is 11.8 Å². The van der Waals surface area contributed by atoms with Gasteiger partial charge in [0, 0.05) is 17.3 Å². The molecule has 0 heterocycles. The first-order chi connectivity index (χ1) is 13.4. The summed E-state index contributed by atoms with van der Waals surface area (Å²) < 4.78 is 32.8. The molecule has 3 aromatic carbocycles. The Bertz CT molecular complexity index is 1100. The quantitative estimate of drug-likeness (QED) is 0.658. The van der Waals surface area contributed by atoms with Crippen LogP contribution in [0.4, 0.5) is 11.4 Å². The first kappa shape index (κ1) is 19.4. The van der Waals surface area contributed by atoms with Crippen molar-refractivity contribution in [2.75, 3.05) is 17.1 Å². The lowest BCUT2D eigenvalue weighted by molar-refractivity contribution is 0.102. The maximum atomic E-state index is 12.6. The Morgan fingerprint density at radius 2 is 1.68 bits per heavy atom. The summed E-state index contributed by atoms with van der Waals surface area (Å²) in [5.74, 6) is 0.270. The first-order valence-corrected chi connectivity index (χ1v) is 10.0. The first-order valence-electron chi connectivity index (χ1n) is 8.53. The van der Waals surface area contributed by atoms with Crippen LogP contribution in [-0.2, 0) is 10.0 Å². The lowest BCUT2D eigenvalue weighted by Gasteiger charge is -2.13. The summed E-state index contributed by atoms with van der Waals surface area (Å²) in [4.78, 5) is 12.7. The molecule has 3 aromatic rings. The molecule has 0 aliphatic carbocycles. The van der Waals surface area contributed by atoms with E-state index in [0.717, 1.165) is 0 Å². The molecule has 0 bridgehead atoms. The Balaban J connectivity index is 1.84. The van der Waals surface area contributed by atoms with Gasteiger partial charge in [-0.25, -0.2) is 8.42 Å². The van der Waals surface area contributed by atoms with Gasteiger partial charge in [-0.15, -0.1) is 0 Å². The standard InChI is InChI=1S/C21H20N2O4S/c1-15-11-12-16(21(24)22-17-7-6-8-18(14-17)27-2)13-20(15)23-28(25,26)19-9-4-3-5-10-19/h3-14,23H,1-2H3,(H,22,24). The van der Waals surface area contributed by atoms with Crippen molar-refractivity contribution >= 4 is 27.3 Å². The van der Waals surface area contributed by atoms with Crippen molar-refractivity contribution < 1.29 is 17.9 Å². The molecule has 0 unspecified atom stereocenters. The summed E-state index contributed by atoms with van der Waals surface area (Å²) in [6, 6.07) is 19.9. The van der Waals surface area contributed by atoms with Gasteiger partial charge in [0.15, 0.2) is 0 Å². The summed E-state index contributed by atoms with van der Waals surface area (Å²) in [5, 5.41) is 2.78. The molecule has 144 valence electrons. The van der Waals surface area contributed by atoms with E-state index in [4.69, 9.17) is 4.74 Å². The van der Waals surface area contributed by atoms with Gasteiger partial charge >= 0.3 is 0 Å². The lowest BCUT2D eigenvalue weighted by Crippen LogP contribution is -2.16. The van der Waals surface area contributed by atoms with E-state index in [2.05, 4.69) is 10.0 Å². The van der Waals surface area contributed by atoms with Gasteiger partial charge < -0.3 is 10.1 Å². The second-order valence-corrected chi connectivity index (χ2v) is 7.82. The number of hydrogen-bond donors (Lipinski definition) is 2. The predicted octanol–water partition coefficient (Wildman–Crippen LogP) is 4.06. The molecule has 28 heavy (non-hydrogen) atoms. The van der Waals surface area contributed by atoms with Crippen LogP contribution < -0.4 is 14.8 Å². The highest BCUT2D eigenvalue weighted by Crippen LogP contribution is 2.23. The van der Waals surface area contributed by atoms with E-state index in [1.54, 1.807) is 68.6 Å². The second-order valence-electron chi connectivity index (χ2n) is 6.13. The zero-order chi connectivity index (χ0) is 20.1. The van der Waals surface area contributed by atoms with E-state index in [0.29, 0.717) is 28.3 Å². The molecule has 0 saturated carbocycles. The summed E-state index contributed by atoms with van der Waals surface area (Å²) in [6.45, 7) is 1.77. The number of carbonyl (C=O) groups excluding carboxylic acids is 1. The molecule has 0 fully saturated rings. The number of benzene rings is 3. The number of sulfonamides is 1. The molecule has 7 heteroatoms. The lowest BCUT2D eigenvalue weighted by atomic mass is 10.1. The smallest absolute Gasteiger partial charge is 0.261 e. The minimum atomic E-state index is -3.74. The fourth-order valence-corrected chi connectivity index (χ4v) is 3.72. The number of nitrogens with one attached hydrogen (secondary N) is 2. The molecule has 0 radical (unpaired) electrons. The number of hydrogen-bond acceptors (Lipinski definition) is 4. The summed E-state index contributed by atoms with van der Waals surface area (Å²) >= 11 is 0. The molecular formula is C21H20N2O4S. The van der Waals surface area contributed by atoms with Crippen molar-refractivity contribution in [1.82, 2.24) is 0 Å². The highest BCUT2D eigenvalue weighted by atomic mass is 32.2. The minimum Gasteiger partial charge on any atom is -0.497 e. The predicted molar refractivity (Wildman–Crippen MR) is 109 cm³/mol. The largest absolute Gasteiger partial charge is 0.497 e. The second kappa shape index (κ2) is 8.14. The molecule has 1 amide bonds. The monoisotopic (exact) mass is 396 g/mol. The Kier molecular flexibility index (Phi) is 5.65. The van der Waals surface area contributed by atoms with Crippen LogP contribution in [0.5, 0.6) is 5.75 Å². The molecule has 0 aliphatic rings. The molecule has 0 spiro atoms. The van der Waals surface area contributed by atoms with E-state index in [-0.39, 0.29) is 10.8 Å². The third kappa shape index (κ3) is 4.50. The maximum Gasteiger partial charge on any atom is 0.261 e. The zero-order valence-electron chi connectivity index (χ0n) is 15.5. The number of ether oxygens (including phenoxy) is 1. The Hall–Kier alpha value is -3.32. The highest BCUT2D eigenvalue weighted by molar-refractivity contribution is 7.92. The average molecular weight is 396 g/mol. The van der Waals surface area contributed by atoms with Crippen LogP contribution in [0.25, 0.3) is 0 Å². The van der Waals surface area contributed by atoms with Gasteiger partial charge in [-0.1, -0.05) is 30.3 Å². The Morgan fingerprint density at radius 3 is 2.39 bits per heavy atom. The molecule has 6 nitrogen and oxygen atoms in total. The van der Waals surface area contributed by atoms with Crippen molar-refractivity contribution in [3.8, 4) is 5.75 Å². The normalized spacial score (nSPS) is 10.9. The molecule has 0 atom stereocenters. The topological polar surface area (TPSA) is 84.5 Å². The van der Waals surface area contributed by atoms with Crippen LogP contribution in [0, 0.1) is 6.92 Å². The maximum absolute atomic E-state index is 12.6. The SMILES string of the molecule is COc1cccc(NC(=O)c2ccc(C)c(NS(=O)(=O)c3ccccc3)c2)c1. The number of anilines is 2. The molecular weight excluding hydrogens is 376 g/mol. The van der Waals surface area contributed by atoms with Crippen molar-refractivity contribution in [3.05, 3.63) is 83.9 Å². The number of rotatable bonds is 6. The van der Waals surface area contributed by atoms with E-state index >= 15 is 0 Å². The van der Waals surface area contributed by atoms with Gasteiger partial charge in [0.25, 0.3) is 15.9 Å². The number of aryl methyl sites for hydroxylation is 1. The van der Waals surface area contributed by atoms with Gasteiger partial charge in [-0.3, -0.25) is 9.52 Å². The summed E-state index contributed by atoms with van der Waals surface area (Å²) in [6.07, 6.45) is 0. The number of amides is 1. The fraction of sp³-hybridized carbons (Fsp3) is 0.0952. The molecule has 3 rings (SSSR count). The molecule has 0 saturated heterocycles. The van der Waals surface area contributed by atoms with Crippen molar-refractivity contribution in [3.63, 3.8) is 0 Å². The number of methoxy groups -OCH3 is 1. The van der Waals surface area contributed by atoms with Gasteiger partial charge in [0.2, 0.25) is 0 Å². The number of carbonyl (C=O) groups is 1. The van der Waals surface area contributed by atoms with Gasteiger partial charge in [-0.05, 0) is 48.9 Å². The van der Waals surface area contributed by atoms with Crippen molar-refractivity contribution in [2.24, 2.45) is 0 Å². The third-order valence-electron chi connectivity index (χ3n) is 4.13. The Morgan fingerprint density at radius 1 is 0.929 bits per heavy atom. The fourth-order valence-electron chi connectivity index (χ4n) is 2.58. The summed E-state index contributed by atoms with van der Waals surface area (Å²) in [7, 11) is -2.20. The van der Waals surface area contributed by atoms with Crippen LogP contribution in [-0.4, -0.2) is 21.4 Å². The minimum absolute atomic E-state index is 0.153. The molecule has 2 N–H and O–H groups in total. The Labute approximate surface area is 164 Å². The van der Waals surface area contributed by atoms with E-state index in [9.17, 15) is 13.2 Å². The van der Waals surface area contributed by atoms with Crippen LogP contribution >= 0.6 is 0 Å². The van der Waals surface area contributed by atoms with Gasteiger partial charge in [-0.2, -0.15) is 0 Å². The van der Waals surface area contributed by atoms with Crippen LogP contribution in [0.3, 0.4) is 0 Å². The highest BCUT2D eigenvalue weighted by Gasteiger charge is 2.16. The molecule has 0 aromatic heterocycles. The van der Waals surface area contributed by atoms with Crippen LogP contribution in [0.15, 0.2) is 77.7 Å².